The molecule has 2 aromatic carbocycles. The van der Waals surface area contributed by atoms with E-state index >= 15 is 0 Å². The van der Waals surface area contributed by atoms with Gasteiger partial charge in [0.1, 0.15) is 0 Å². The van der Waals surface area contributed by atoms with Gasteiger partial charge in [-0.25, -0.2) is 29.3 Å². The summed E-state index contributed by atoms with van der Waals surface area (Å²) in [4.78, 5) is 14.4. The van der Waals surface area contributed by atoms with Crippen molar-refractivity contribution < 1.29 is 21.9 Å². The molecule has 6 rings (SSSR count). The van der Waals surface area contributed by atoms with Crippen molar-refractivity contribution >= 4 is 11.6 Å². The fourth-order valence-corrected chi connectivity index (χ4v) is 4.22. The average molecular weight is 377 g/mol. The molecule has 2 unspecified atom stereocenters. The number of carbonyl (C=O) groups excluding carboxylic acids is 1. The Morgan fingerprint density at radius 1 is 1.12 bits per heavy atom. The number of hydrogen-bond acceptors (Lipinski definition) is 3. The molecule has 0 N–H and O–H groups in total. The third-order valence-electron chi connectivity index (χ3n) is 5.34. The van der Waals surface area contributed by atoms with Crippen LogP contribution in [-0.4, -0.2) is 40.7 Å². The predicted octanol–water partition coefficient (Wildman–Crippen LogP) is 3.16. The third-order valence-corrected chi connectivity index (χ3v) is 5.34. The smallest absolute Gasteiger partial charge is 0.293 e. The number of amides is 1. The van der Waals surface area contributed by atoms with Crippen LogP contribution in [-0.2, 0) is 21.9 Å². The van der Waals surface area contributed by atoms with Gasteiger partial charge in [0.25, 0.3) is 0 Å². The molecule has 1 amide bonds. The molecule has 5 heteroatoms. The SMILES string of the molecule is CC(=O)N1N=C2C3CCN(CC3)C2C1c1ccc[cH-]1.[Fe+2].c1cc[cH-]c1. The van der Waals surface area contributed by atoms with E-state index in [4.69, 9.17) is 0 Å². The fraction of sp³-hybridized carbons (Fsp3) is 0.400. The summed E-state index contributed by atoms with van der Waals surface area (Å²) in [7, 11) is 0. The van der Waals surface area contributed by atoms with Gasteiger partial charge in [0.15, 0.2) is 0 Å². The second-order valence-electron chi connectivity index (χ2n) is 6.77. The second-order valence-corrected chi connectivity index (χ2v) is 6.77. The van der Waals surface area contributed by atoms with E-state index in [0.29, 0.717) is 12.0 Å². The number of nitrogens with zero attached hydrogens (tertiary/aromatic N) is 3. The van der Waals surface area contributed by atoms with E-state index in [2.05, 4.69) is 22.1 Å². The Bertz CT molecular complexity index is 682. The summed E-state index contributed by atoms with van der Waals surface area (Å²) in [5.74, 6) is 0.644. The molecule has 2 atom stereocenters. The van der Waals surface area contributed by atoms with Crippen LogP contribution in [0.1, 0.15) is 31.4 Å². The summed E-state index contributed by atoms with van der Waals surface area (Å²) < 4.78 is 0. The summed E-state index contributed by atoms with van der Waals surface area (Å²) in [5.41, 5.74) is 2.46. The number of piperidine rings is 3. The second kappa shape index (κ2) is 7.69. The molecular formula is C20H23FeN3O. The number of carbonyl (C=O) groups is 1. The summed E-state index contributed by atoms with van der Waals surface area (Å²) in [6.45, 7) is 3.92. The molecule has 2 bridgehead atoms. The van der Waals surface area contributed by atoms with Crippen LogP contribution < -0.4 is 0 Å². The van der Waals surface area contributed by atoms with Crippen molar-refractivity contribution in [2.24, 2.45) is 11.0 Å². The van der Waals surface area contributed by atoms with E-state index in [1.54, 1.807) is 11.9 Å². The van der Waals surface area contributed by atoms with Crippen molar-refractivity contribution in [2.45, 2.75) is 31.8 Å². The van der Waals surface area contributed by atoms with Gasteiger partial charge in [-0.05, 0) is 25.9 Å². The third kappa shape index (κ3) is 3.37. The molecule has 0 saturated carbocycles. The van der Waals surface area contributed by atoms with Crippen LogP contribution in [0.5, 0.6) is 0 Å². The van der Waals surface area contributed by atoms with Crippen molar-refractivity contribution in [3.63, 3.8) is 0 Å². The minimum Gasteiger partial charge on any atom is -0.293 e. The van der Waals surface area contributed by atoms with Crippen molar-refractivity contribution in [1.29, 1.82) is 0 Å². The summed E-state index contributed by atoms with van der Waals surface area (Å²) in [5, 5.41) is 6.40. The first-order valence-corrected chi connectivity index (χ1v) is 8.76. The van der Waals surface area contributed by atoms with E-state index in [-0.39, 0.29) is 29.0 Å². The first-order valence-electron chi connectivity index (χ1n) is 8.76. The molecule has 4 aliphatic rings. The summed E-state index contributed by atoms with van der Waals surface area (Å²) in [6, 6.07) is 18.7. The molecule has 0 aliphatic carbocycles. The van der Waals surface area contributed by atoms with E-state index in [1.165, 1.54) is 24.1 Å². The Kier molecular flexibility index (Phi) is 5.57. The van der Waals surface area contributed by atoms with Crippen molar-refractivity contribution in [3.8, 4) is 0 Å². The van der Waals surface area contributed by atoms with Crippen LogP contribution in [0.25, 0.3) is 0 Å². The molecule has 2 aromatic rings. The molecule has 4 aliphatic heterocycles. The molecule has 0 aromatic heterocycles. The van der Waals surface area contributed by atoms with Gasteiger partial charge >= 0.3 is 17.1 Å². The molecule has 25 heavy (non-hydrogen) atoms. The quantitative estimate of drug-likeness (QED) is 0.566. The molecule has 3 fully saturated rings. The first kappa shape index (κ1) is 18.1. The average Bonchev–Trinajstić information content (AvgIpc) is 3.35. The molecule has 4 nitrogen and oxygen atoms in total. The predicted molar refractivity (Wildman–Crippen MR) is 94.9 cm³/mol. The topological polar surface area (TPSA) is 35.9 Å². The zero-order chi connectivity index (χ0) is 16.5. The molecule has 132 valence electrons. The number of hydrogen-bond donors (Lipinski definition) is 0. The van der Waals surface area contributed by atoms with E-state index in [1.807, 2.05) is 42.5 Å². The maximum Gasteiger partial charge on any atom is 2.00 e. The zero-order valence-electron chi connectivity index (χ0n) is 14.4. The Hall–Kier alpha value is -1.68. The van der Waals surface area contributed by atoms with Gasteiger partial charge in [0.2, 0.25) is 5.91 Å². The van der Waals surface area contributed by atoms with E-state index < -0.39 is 0 Å². The maximum absolute atomic E-state index is 11.9. The van der Waals surface area contributed by atoms with Gasteiger partial charge < -0.3 is 0 Å². The van der Waals surface area contributed by atoms with Gasteiger partial charge in [-0.3, -0.25) is 9.69 Å². The Balaban J connectivity index is 0.000000264. The van der Waals surface area contributed by atoms with Gasteiger partial charge in [0, 0.05) is 12.8 Å². The number of hydrazone groups is 1. The normalized spacial score (nSPS) is 29.2. The standard InChI is InChI=1S/C15H18N3O.C5H5.Fe/c1-10(19)18-14(12-4-2-3-5-12)15-13(16-18)11-6-8-17(15)9-7-11;1-2-4-5-3-1;/h2-5,11,14-15H,6-9H2,1H3;1-5H;/q2*-1;+2. The van der Waals surface area contributed by atoms with E-state index in [9.17, 15) is 4.79 Å². The van der Waals surface area contributed by atoms with Crippen LogP contribution in [0, 0.1) is 5.92 Å². The number of fused-ring (bicyclic) bond motifs is 2. The summed E-state index contributed by atoms with van der Waals surface area (Å²) >= 11 is 0. The molecule has 0 spiro atoms. The van der Waals surface area contributed by atoms with Gasteiger partial charge in [-0.2, -0.15) is 35.4 Å². The van der Waals surface area contributed by atoms with Crippen LogP contribution in [0.3, 0.4) is 0 Å². The van der Waals surface area contributed by atoms with E-state index in [0.717, 1.165) is 13.1 Å². The molecular weight excluding hydrogens is 354 g/mol. The minimum absolute atomic E-state index is 0. The minimum atomic E-state index is 0. The van der Waals surface area contributed by atoms with Gasteiger partial charge in [-0.15, -0.1) is 5.56 Å². The maximum atomic E-state index is 11.9. The molecule has 0 radical (unpaired) electrons. The Labute approximate surface area is 159 Å². The number of rotatable bonds is 1. The van der Waals surface area contributed by atoms with Crippen molar-refractivity contribution in [2.75, 3.05) is 13.1 Å². The Morgan fingerprint density at radius 2 is 1.84 bits per heavy atom. The van der Waals surface area contributed by atoms with Crippen LogP contribution in [0.2, 0.25) is 0 Å². The van der Waals surface area contributed by atoms with Crippen molar-refractivity contribution in [1.82, 2.24) is 9.91 Å². The largest absolute Gasteiger partial charge is 2.00 e. The van der Waals surface area contributed by atoms with Crippen LogP contribution >= 0.6 is 0 Å². The first-order chi connectivity index (χ1) is 11.8. The van der Waals surface area contributed by atoms with Crippen LogP contribution in [0.15, 0.2) is 59.7 Å². The summed E-state index contributed by atoms with van der Waals surface area (Å²) in [6.07, 6.45) is 2.41. The fourth-order valence-electron chi connectivity index (χ4n) is 4.22. The monoisotopic (exact) mass is 377 g/mol. The van der Waals surface area contributed by atoms with Crippen molar-refractivity contribution in [3.05, 3.63) is 60.2 Å². The van der Waals surface area contributed by atoms with Gasteiger partial charge in [-0.1, -0.05) is 0 Å². The zero-order valence-corrected chi connectivity index (χ0v) is 15.5. The van der Waals surface area contributed by atoms with Gasteiger partial charge in [0.05, 0.1) is 17.8 Å². The Morgan fingerprint density at radius 3 is 2.36 bits per heavy atom. The molecule has 4 heterocycles. The molecule has 3 saturated heterocycles. The van der Waals surface area contributed by atoms with Crippen LogP contribution in [0.4, 0.5) is 0 Å².